The summed E-state index contributed by atoms with van der Waals surface area (Å²) in [5.74, 6) is 0.777. The molecule has 0 aliphatic carbocycles. The molecule has 0 saturated carbocycles. The number of benzene rings is 2. The molecule has 4 rings (SSSR count). The zero-order valence-corrected chi connectivity index (χ0v) is 23.1. The number of rotatable bonds is 10. The normalized spacial score (nSPS) is 19.1. The van der Waals surface area contributed by atoms with E-state index in [1.54, 1.807) is 0 Å². The van der Waals surface area contributed by atoms with Gasteiger partial charge in [-0.15, -0.1) is 12.4 Å². The van der Waals surface area contributed by atoms with Crippen molar-refractivity contribution in [1.82, 2.24) is 0 Å². The van der Waals surface area contributed by atoms with Gasteiger partial charge in [0.25, 0.3) is 0 Å². The Bertz CT molecular complexity index is 1060. The van der Waals surface area contributed by atoms with Crippen molar-refractivity contribution >= 4 is 30.0 Å². The number of carbonyl (C=O) groups is 2. The Hall–Kier alpha value is -2.73. The molecule has 1 saturated heterocycles. The first-order valence-electron chi connectivity index (χ1n) is 13.3. The summed E-state index contributed by atoms with van der Waals surface area (Å²) in [5.41, 5.74) is 3.45. The second-order valence-electron chi connectivity index (χ2n) is 10.2. The summed E-state index contributed by atoms with van der Waals surface area (Å²) < 4.78 is 17.4. The average molecular weight is 530 g/mol. The van der Waals surface area contributed by atoms with Crippen LogP contribution in [0.3, 0.4) is 0 Å². The lowest BCUT2D eigenvalue weighted by Gasteiger charge is -2.52. The monoisotopic (exact) mass is 529 g/mol. The molecule has 1 fully saturated rings. The fraction of sp³-hybridized carbons (Fsp3) is 0.533. The zero-order chi connectivity index (χ0) is 25.5. The van der Waals surface area contributed by atoms with Crippen LogP contribution in [-0.2, 0) is 27.2 Å². The summed E-state index contributed by atoms with van der Waals surface area (Å²) in [7, 11) is 0. The molecule has 2 heterocycles. The lowest BCUT2D eigenvalue weighted by molar-refractivity contribution is -0.141. The molecule has 37 heavy (non-hydrogen) atoms. The molecule has 0 spiro atoms. The van der Waals surface area contributed by atoms with Gasteiger partial charge in [-0.1, -0.05) is 30.3 Å². The maximum absolute atomic E-state index is 11.9. The maximum Gasteiger partial charge on any atom is 0.308 e. The summed E-state index contributed by atoms with van der Waals surface area (Å²) in [6, 6.07) is 14.5. The van der Waals surface area contributed by atoms with E-state index in [4.69, 9.17) is 14.2 Å². The third kappa shape index (κ3) is 7.41. The molecule has 2 aromatic rings. The van der Waals surface area contributed by atoms with Crippen LogP contribution in [0.5, 0.6) is 11.5 Å². The highest BCUT2D eigenvalue weighted by atomic mass is 35.5. The summed E-state index contributed by atoms with van der Waals surface area (Å²) in [6.45, 7) is 6.36. The fourth-order valence-corrected chi connectivity index (χ4v) is 5.80. The van der Waals surface area contributed by atoms with Gasteiger partial charge < -0.3 is 19.1 Å². The molecule has 2 unspecified atom stereocenters. The second kappa shape index (κ2) is 13.2. The van der Waals surface area contributed by atoms with Crippen LogP contribution in [0.1, 0.15) is 76.8 Å². The molecular formula is C30H40ClNO5. The summed E-state index contributed by atoms with van der Waals surface area (Å²) in [6.07, 6.45) is 8.95. The van der Waals surface area contributed by atoms with Crippen LogP contribution in [0, 0.1) is 0 Å². The number of piperidine rings is 1. The van der Waals surface area contributed by atoms with Gasteiger partial charge >= 0.3 is 11.9 Å². The minimum Gasteiger partial charge on any atom is -0.491 e. The number of aryl methyl sites for hydroxylation is 1. The van der Waals surface area contributed by atoms with E-state index in [2.05, 4.69) is 42.2 Å². The SMILES string of the molecule is CC(=O)OCCC12CCCCN1c1cc(OC(C)CCCc3ccccc3)cc(OC(C)=O)c1CC2.Cl. The largest absolute Gasteiger partial charge is 0.491 e. The molecule has 2 aromatic carbocycles. The second-order valence-corrected chi connectivity index (χ2v) is 10.2. The molecular weight excluding hydrogens is 490 g/mol. The van der Waals surface area contributed by atoms with E-state index >= 15 is 0 Å². The summed E-state index contributed by atoms with van der Waals surface area (Å²) in [5, 5.41) is 0. The highest BCUT2D eigenvalue weighted by Gasteiger charge is 2.43. The van der Waals surface area contributed by atoms with Gasteiger partial charge in [-0.2, -0.15) is 0 Å². The predicted octanol–water partition coefficient (Wildman–Crippen LogP) is 6.45. The lowest BCUT2D eigenvalue weighted by atomic mass is 9.75. The number of hydrogen-bond acceptors (Lipinski definition) is 6. The number of anilines is 1. The first-order valence-corrected chi connectivity index (χ1v) is 13.3. The molecule has 7 heteroatoms. The van der Waals surface area contributed by atoms with Crippen LogP contribution >= 0.6 is 12.4 Å². The molecule has 6 nitrogen and oxygen atoms in total. The zero-order valence-electron chi connectivity index (χ0n) is 22.3. The van der Waals surface area contributed by atoms with E-state index in [0.717, 1.165) is 81.3 Å². The minimum absolute atomic E-state index is 0. The predicted molar refractivity (Wildman–Crippen MR) is 148 cm³/mol. The van der Waals surface area contributed by atoms with Crippen LogP contribution in [-0.4, -0.2) is 36.7 Å². The van der Waals surface area contributed by atoms with E-state index in [9.17, 15) is 9.59 Å². The quantitative estimate of drug-likeness (QED) is 0.260. The van der Waals surface area contributed by atoms with E-state index in [1.165, 1.54) is 19.4 Å². The van der Waals surface area contributed by atoms with E-state index in [0.29, 0.717) is 12.4 Å². The van der Waals surface area contributed by atoms with Crippen molar-refractivity contribution in [2.75, 3.05) is 18.1 Å². The van der Waals surface area contributed by atoms with Crippen molar-refractivity contribution in [3.05, 3.63) is 53.6 Å². The highest BCUT2D eigenvalue weighted by molar-refractivity contribution is 5.85. The van der Waals surface area contributed by atoms with Gasteiger partial charge in [0.05, 0.1) is 12.7 Å². The van der Waals surface area contributed by atoms with Gasteiger partial charge in [-0.3, -0.25) is 9.59 Å². The Morgan fingerprint density at radius 2 is 1.84 bits per heavy atom. The molecule has 0 bridgehead atoms. The van der Waals surface area contributed by atoms with Crippen molar-refractivity contribution in [2.45, 2.75) is 90.2 Å². The Labute approximate surface area is 227 Å². The Kier molecular flexibility index (Phi) is 10.3. The van der Waals surface area contributed by atoms with Gasteiger partial charge in [-0.05, 0) is 63.9 Å². The van der Waals surface area contributed by atoms with Crippen LogP contribution in [0.2, 0.25) is 0 Å². The summed E-state index contributed by atoms with van der Waals surface area (Å²) in [4.78, 5) is 25.8. The molecule has 2 aliphatic rings. The Balaban J connectivity index is 0.00000380. The fourth-order valence-electron chi connectivity index (χ4n) is 5.80. The van der Waals surface area contributed by atoms with Crippen LogP contribution in [0.4, 0.5) is 5.69 Å². The molecule has 0 aromatic heterocycles. The molecule has 0 N–H and O–H groups in total. The van der Waals surface area contributed by atoms with Crippen molar-refractivity contribution < 1.29 is 23.8 Å². The number of ether oxygens (including phenoxy) is 3. The Morgan fingerprint density at radius 3 is 2.57 bits per heavy atom. The number of nitrogens with zero attached hydrogens (tertiary/aromatic N) is 1. The van der Waals surface area contributed by atoms with Crippen LogP contribution < -0.4 is 14.4 Å². The molecule has 2 aliphatic heterocycles. The van der Waals surface area contributed by atoms with Gasteiger partial charge in [0.1, 0.15) is 11.5 Å². The Morgan fingerprint density at radius 1 is 1.05 bits per heavy atom. The van der Waals surface area contributed by atoms with Crippen molar-refractivity contribution in [1.29, 1.82) is 0 Å². The van der Waals surface area contributed by atoms with Gasteiger partial charge in [0, 0.05) is 55.7 Å². The molecule has 2 atom stereocenters. The third-order valence-corrected chi connectivity index (χ3v) is 7.52. The lowest BCUT2D eigenvalue weighted by Crippen LogP contribution is -2.55. The number of fused-ring (bicyclic) bond motifs is 3. The molecule has 0 radical (unpaired) electrons. The van der Waals surface area contributed by atoms with Gasteiger partial charge in [-0.25, -0.2) is 0 Å². The minimum atomic E-state index is -0.324. The maximum atomic E-state index is 11.9. The number of esters is 2. The van der Waals surface area contributed by atoms with Gasteiger partial charge in [0.15, 0.2) is 0 Å². The third-order valence-electron chi connectivity index (χ3n) is 7.52. The average Bonchev–Trinajstić information content (AvgIpc) is 2.84. The number of carbonyl (C=O) groups excluding carboxylic acids is 2. The van der Waals surface area contributed by atoms with E-state index < -0.39 is 0 Å². The first-order chi connectivity index (χ1) is 17.4. The molecule has 202 valence electrons. The van der Waals surface area contributed by atoms with Gasteiger partial charge in [0.2, 0.25) is 0 Å². The van der Waals surface area contributed by atoms with Crippen LogP contribution in [0.25, 0.3) is 0 Å². The summed E-state index contributed by atoms with van der Waals surface area (Å²) >= 11 is 0. The van der Waals surface area contributed by atoms with Crippen molar-refractivity contribution in [3.63, 3.8) is 0 Å². The van der Waals surface area contributed by atoms with Crippen LogP contribution in [0.15, 0.2) is 42.5 Å². The first kappa shape index (κ1) is 28.8. The van der Waals surface area contributed by atoms with Crippen molar-refractivity contribution in [3.8, 4) is 11.5 Å². The topological polar surface area (TPSA) is 65.1 Å². The number of halogens is 1. The highest BCUT2D eigenvalue weighted by Crippen LogP contribution is 2.48. The van der Waals surface area contributed by atoms with E-state index in [1.807, 2.05) is 12.1 Å². The smallest absolute Gasteiger partial charge is 0.308 e. The standard InChI is InChI=1S/C30H39NO5.ClH/c1-22(10-9-13-25-11-5-4-6-12-25)35-26-20-28-27(29(21-26)36-24(3)33)14-16-30(17-19-34-23(2)32)15-7-8-18-31(28)30;/h4-6,11-12,20-22H,7-10,13-19H2,1-3H3;1H. The number of hydrogen-bond donors (Lipinski definition) is 0. The van der Waals surface area contributed by atoms with Crippen molar-refractivity contribution in [2.24, 2.45) is 0 Å². The molecule has 0 amide bonds. The van der Waals surface area contributed by atoms with E-state index in [-0.39, 0.29) is 36.0 Å².